The Morgan fingerprint density at radius 2 is 2.22 bits per heavy atom. The second-order valence-electron chi connectivity index (χ2n) is 4.27. The first-order valence-electron chi connectivity index (χ1n) is 6.40. The van der Waals surface area contributed by atoms with Crippen molar-refractivity contribution in [2.24, 2.45) is 0 Å². The number of rotatable bonds is 8. The van der Waals surface area contributed by atoms with Crippen LogP contribution in [0.4, 0.5) is 5.82 Å². The average Bonchev–Trinajstić information content (AvgIpc) is 2.37. The van der Waals surface area contributed by atoms with Crippen LogP contribution in [0, 0.1) is 6.92 Å². The third kappa shape index (κ3) is 4.87. The second kappa shape index (κ2) is 7.87. The molecule has 0 aliphatic heterocycles. The van der Waals surface area contributed by atoms with E-state index in [-0.39, 0.29) is 6.10 Å². The van der Waals surface area contributed by atoms with Gasteiger partial charge in [-0.25, -0.2) is 9.97 Å². The van der Waals surface area contributed by atoms with Gasteiger partial charge in [0.15, 0.2) is 11.6 Å². The van der Waals surface area contributed by atoms with Crippen LogP contribution < -0.4 is 10.1 Å². The first kappa shape index (κ1) is 14.7. The molecule has 102 valence electrons. The van der Waals surface area contributed by atoms with Crippen molar-refractivity contribution in [3.63, 3.8) is 0 Å². The molecule has 1 N–H and O–H groups in total. The summed E-state index contributed by atoms with van der Waals surface area (Å²) in [6, 6.07) is 0. The Balaban J connectivity index is 2.63. The topological polar surface area (TPSA) is 56.3 Å². The zero-order valence-corrected chi connectivity index (χ0v) is 11.7. The lowest BCUT2D eigenvalue weighted by Crippen LogP contribution is -2.17. The zero-order valence-electron chi connectivity index (χ0n) is 11.7. The van der Waals surface area contributed by atoms with Gasteiger partial charge in [-0.15, -0.1) is 0 Å². The van der Waals surface area contributed by atoms with Gasteiger partial charge in [-0.05, 0) is 20.3 Å². The molecule has 1 aromatic rings. The van der Waals surface area contributed by atoms with Crippen molar-refractivity contribution < 1.29 is 9.47 Å². The van der Waals surface area contributed by atoms with Crippen LogP contribution in [0.25, 0.3) is 0 Å². The third-order valence-electron chi connectivity index (χ3n) is 2.57. The maximum Gasteiger partial charge on any atom is 0.179 e. The Bertz CT molecular complexity index is 358. The van der Waals surface area contributed by atoms with Crippen LogP contribution >= 0.6 is 0 Å². The van der Waals surface area contributed by atoms with Crippen LogP contribution in [-0.2, 0) is 4.74 Å². The Labute approximate surface area is 109 Å². The Hall–Kier alpha value is -1.36. The van der Waals surface area contributed by atoms with E-state index < -0.39 is 0 Å². The number of anilines is 1. The number of aromatic nitrogens is 2. The van der Waals surface area contributed by atoms with Crippen molar-refractivity contribution in [1.82, 2.24) is 9.97 Å². The number of unbranched alkanes of at least 4 members (excludes halogenated alkanes) is 1. The summed E-state index contributed by atoms with van der Waals surface area (Å²) in [7, 11) is 1.67. The zero-order chi connectivity index (χ0) is 13.4. The Morgan fingerprint density at radius 3 is 2.89 bits per heavy atom. The molecule has 5 heteroatoms. The van der Waals surface area contributed by atoms with Crippen LogP contribution in [0.2, 0.25) is 0 Å². The van der Waals surface area contributed by atoms with Crippen molar-refractivity contribution in [3.8, 4) is 5.75 Å². The van der Waals surface area contributed by atoms with E-state index >= 15 is 0 Å². The SMILES string of the molecule is CCCCNc1nc(C)ncc1OC[C@H](C)OC. The highest BCUT2D eigenvalue weighted by molar-refractivity contribution is 5.48. The van der Waals surface area contributed by atoms with Crippen LogP contribution in [-0.4, -0.2) is 36.3 Å². The quantitative estimate of drug-likeness (QED) is 0.721. The normalized spacial score (nSPS) is 12.2. The molecule has 0 bridgehead atoms. The fraction of sp³-hybridized carbons (Fsp3) is 0.692. The van der Waals surface area contributed by atoms with Crippen LogP contribution in [0.15, 0.2) is 6.20 Å². The largest absolute Gasteiger partial charge is 0.485 e. The second-order valence-corrected chi connectivity index (χ2v) is 4.27. The van der Waals surface area contributed by atoms with Gasteiger partial charge in [0.1, 0.15) is 12.4 Å². The number of methoxy groups -OCH3 is 1. The molecule has 1 heterocycles. The summed E-state index contributed by atoms with van der Waals surface area (Å²) in [5, 5.41) is 3.28. The number of hydrogen-bond acceptors (Lipinski definition) is 5. The Morgan fingerprint density at radius 1 is 1.44 bits per heavy atom. The average molecular weight is 253 g/mol. The molecule has 0 fully saturated rings. The van der Waals surface area contributed by atoms with Gasteiger partial charge in [-0.2, -0.15) is 0 Å². The molecule has 0 radical (unpaired) electrons. The molecule has 0 amide bonds. The van der Waals surface area contributed by atoms with Crippen LogP contribution in [0.5, 0.6) is 5.75 Å². The van der Waals surface area contributed by atoms with Gasteiger partial charge >= 0.3 is 0 Å². The molecule has 0 aliphatic rings. The third-order valence-corrected chi connectivity index (χ3v) is 2.57. The standard InChI is InChI=1S/C13H23N3O2/c1-5-6-7-14-13-12(8-15-11(3)16-13)18-9-10(2)17-4/h8,10H,5-7,9H2,1-4H3,(H,14,15,16)/t10-/m0/s1. The maximum absolute atomic E-state index is 5.66. The van der Waals surface area contributed by atoms with E-state index in [1.165, 1.54) is 0 Å². The van der Waals surface area contributed by atoms with Crippen molar-refractivity contribution in [2.75, 3.05) is 25.6 Å². The summed E-state index contributed by atoms with van der Waals surface area (Å²) in [5.74, 6) is 2.18. The van der Waals surface area contributed by atoms with Crippen molar-refractivity contribution >= 4 is 5.82 Å². The van der Waals surface area contributed by atoms with Crippen LogP contribution in [0.3, 0.4) is 0 Å². The van der Waals surface area contributed by atoms with Gasteiger partial charge < -0.3 is 14.8 Å². The van der Waals surface area contributed by atoms with E-state index in [0.29, 0.717) is 12.4 Å². The van der Waals surface area contributed by atoms with E-state index in [1.807, 2.05) is 13.8 Å². The lowest BCUT2D eigenvalue weighted by molar-refractivity contribution is 0.0716. The molecule has 1 rings (SSSR count). The van der Waals surface area contributed by atoms with Gasteiger partial charge in [0.2, 0.25) is 0 Å². The molecule has 0 spiro atoms. The van der Waals surface area contributed by atoms with E-state index in [2.05, 4.69) is 22.2 Å². The molecule has 0 unspecified atom stereocenters. The molecular formula is C13H23N3O2. The van der Waals surface area contributed by atoms with Crippen molar-refractivity contribution in [1.29, 1.82) is 0 Å². The molecule has 18 heavy (non-hydrogen) atoms. The van der Waals surface area contributed by atoms with Gasteiger partial charge in [0, 0.05) is 13.7 Å². The highest BCUT2D eigenvalue weighted by Gasteiger charge is 2.08. The van der Waals surface area contributed by atoms with E-state index in [0.717, 1.165) is 31.0 Å². The fourth-order valence-corrected chi connectivity index (χ4v) is 1.35. The molecule has 1 atom stereocenters. The summed E-state index contributed by atoms with van der Waals surface area (Å²) in [5.41, 5.74) is 0. The highest BCUT2D eigenvalue weighted by atomic mass is 16.5. The number of nitrogens with one attached hydrogen (secondary N) is 1. The lowest BCUT2D eigenvalue weighted by atomic mass is 10.3. The first-order valence-corrected chi connectivity index (χ1v) is 6.40. The van der Waals surface area contributed by atoms with Crippen molar-refractivity contribution in [3.05, 3.63) is 12.0 Å². The Kier molecular flexibility index (Phi) is 6.43. The van der Waals surface area contributed by atoms with Gasteiger partial charge in [-0.1, -0.05) is 13.3 Å². The predicted octanol–water partition coefficient (Wildman–Crippen LogP) is 2.41. The van der Waals surface area contributed by atoms with Crippen molar-refractivity contribution in [2.45, 2.75) is 39.7 Å². The minimum absolute atomic E-state index is 0.0507. The predicted molar refractivity (Wildman–Crippen MR) is 72.1 cm³/mol. The molecule has 0 saturated carbocycles. The summed E-state index contributed by atoms with van der Waals surface area (Å²) in [6.45, 7) is 7.37. The van der Waals surface area contributed by atoms with Gasteiger partial charge in [0.05, 0.1) is 12.3 Å². The number of hydrogen-bond donors (Lipinski definition) is 1. The fourth-order valence-electron chi connectivity index (χ4n) is 1.35. The molecule has 1 aromatic heterocycles. The van der Waals surface area contributed by atoms with Crippen LogP contribution in [0.1, 0.15) is 32.5 Å². The molecule has 0 saturated heterocycles. The molecule has 5 nitrogen and oxygen atoms in total. The minimum atomic E-state index is 0.0507. The number of aryl methyl sites for hydroxylation is 1. The number of nitrogens with zero attached hydrogens (tertiary/aromatic N) is 2. The van der Waals surface area contributed by atoms with E-state index in [1.54, 1.807) is 13.3 Å². The summed E-state index contributed by atoms with van der Waals surface area (Å²) >= 11 is 0. The van der Waals surface area contributed by atoms with Gasteiger partial charge in [0.25, 0.3) is 0 Å². The first-order chi connectivity index (χ1) is 8.67. The van der Waals surface area contributed by atoms with E-state index in [4.69, 9.17) is 9.47 Å². The molecular weight excluding hydrogens is 230 g/mol. The summed E-state index contributed by atoms with van der Waals surface area (Å²) in [6.07, 6.45) is 4.01. The van der Waals surface area contributed by atoms with Gasteiger partial charge in [-0.3, -0.25) is 0 Å². The molecule has 0 aromatic carbocycles. The smallest absolute Gasteiger partial charge is 0.179 e. The maximum atomic E-state index is 5.66. The summed E-state index contributed by atoms with van der Waals surface area (Å²) in [4.78, 5) is 8.52. The highest BCUT2D eigenvalue weighted by Crippen LogP contribution is 2.21. The summed E-state index contributed by atoms with van der Waals surface area (Å²) < 4.78 is 10.8. The number of ether oxygens (including phenoxy) is 2. The lowest BCUT2D eigenvalue weighted by Gasteiger charge is -2.14. The molecule has 0 aliphatic carbocycles. The van der Waals surface area contributed by atoms with E-state index in [9.17, 15) is 0 Å². The minimum Gasteiger partial charge on any atom is -0.485 e. The monoisotopic (exact) mass is 253 g/mol.